The molecule has 12 heteroatoms. The molecule has 6 N–H and O–H groups in total. The van der Waals surface area contributed by atoms with Crippen LogP contribution in [0.2, 0.25) is 0 Å². The third kappa shape index (κ3) is 8.44. The number of likely N-dealkylation sites (tertiary alicyclic amines) is 1. The Bertz CT molecular complexity index is 626. The van der Waals surface area contributed by atoms with E-state index in [1.807, 2.05) is 11.9 Å². The molecule has 0 aromatic rings. The number of aliphatic hydroxyl groups is 1. The van der Waals surface area contributed by atoms with E-state index < -0.39 is 42.3 Å². The van der Waals surface area contributed by atoms with Gasteiger partial charge in [-0.3, -0.25) is 28.9 Å². The SMILES string of the molecule is CNC(=O)CNC(=O)CNC(=O)C(NC(=O)CNC(=O)C1CCCN1C)C(C)O. The van der Waals surface area contributed by atoms with E-state index in [9.17, 15) is 29.1 Å². The predicted molar refractivity (Wildman–Crippen MR) is 102 cm³/mol. The van der Waals surface area contributed by atoms with Crippen LogP contribution >= 0.6 is 0 Å². The highest BCUT2D eigenvalue weighted by atomic mass is 16.3. The summed E-state index contributed by atoms with van der Waals surface area (Å²) < 4.78 is 0. The summed E-state index contributed by atoms with van der Waals surface area (Å²) in [5.41, 5.74) is 0. The van der Waals surface area contributed by atoms with Gasteiger partial charge in [0.05, 0.1) is 31.8 Å². The third-order valence-electron chi connectivity index (χ3n) is 4.48. The number of nitrogens with one attached hydrogen (secondary N) is 5. The van der Waals surface area contributed by atoms with Crippen LogP contribution in [0, 0.1) is 0 Å². The molecule has 1 heterocycles. The van der Waals surface area contributed by atoms with Crippen molar-refractivity contribution in [2.45, 2.75) is 38.0 Å². The molecule has 164 valence electrons. The summed E-state index contributed by atoms with van der Waals surface area (Å²) in [7, 11) is 3.25. The van der Waals surface area contributed by atoms with Crippen molar-refractivity contribution in [2.75, 3.05) is 40.3 Å². The molecule has 0 aliphatic carbocycles. The van der Waals surface area contributed by atoms with E-state index in [1.54, 1.807) is 0 Å². The maximum atomic E-state index is 12.2. The van der Waals surface area contributed by atoms with Gasteiger partial charge in [-0.15, -0.1) is 0 Å². The Balaban J connectivity index is 2.43. The van der Waals surface area contributed by atoms with Crippen molar-refractivity contribution < 1.29 is 29.1 Å². The molecule has 1 aliphatic heterocycles. The van der Waals surface area contributed by atoms with E-state index in [4.69, 9.17) is 0 Å². The fourth-order valence-corrected chi connectivity index (χ4v) is 2.76. The van der Waals surface area contributed by atoms with Crippen molar-refractivity contribution in [3.05, 3.63) is 0 Å². The molecule has 1 saturated heterocycles. The quantitative estimate of drug-likeness (QED) is 0.212. The Morgan fingerprint density at radius 3 is 2.17 bits per heavy atom. The number of rotatable bonds is 10. The lowest BCUT2D eigenvalue weighted by Gasteiger charge is -2.22. The highest BCUT2D eigenvalue weighted by molar-refractivity contribution is 5.93. The van der Waals surface area contributed by atoms with E-state index in [0.29, 0.717) is 6.42 Å². The van der Waals surface area contributed by atoms with Crippen LogP contribution in [0.5, 0.6) is 0 Å². The fraction of sp³-hybridized carbons (Fsp3) is 0.706. The smallest absolute Gasteiger partial charge is 0.245 e. The van der Waals surface area contributed by atoms with E-state index in [1.165, 1.54) is 14.0 Å². The zero-order valence-corrected chi connectivity index (χ0v) is 16.9. The van der Waals surface area contributed by atoms with Gasteiger partial charge < -0.3 is 31.7 Å². The van der Waals surface area contributed by atoms with Crippen molar-refractivity contribution in [1.29, 1.82) is 0 Å². The van der Waals surface area contributed by atoms with Crippen LogP contribution in [0.4, 0.5) is 0 Å². The number of aliphatic hydroxyl groups excluding tert-OH is 1. The minimum Gasteiger partial charge on any atom is -0.391 e. The highest BCUT2D eigenvalue weighted by Gasteiger charge is 2.29. The van der Waals surface area contributed by atoms with Crippen molar-refractivity contribution in [2.24, 2.45) is 0 Å². The monoisotopic (exact) mass is 414 g/mol. The first kappa shape index (κ1) is 24.3. The van der Waals surface area contributed by atoms with Gasteiger partial charge in [-0.25, -0.2) is 0 Å². The largest absolute Gasteiger partial charge is 0.391 e. The van der Waals surface area contributed by atoms with Crippen LogP contribution in [-0.4, -0.2) is 98.0 Å². The molecule has 0 aromatic heterocycles. The molecule has 0 spiro atoms. The zero-order valence-electron chi connectivity index (χ0n) is 16.9. The van der Waals surface area contributed by atoms with E-state index in [-0.39, 0.29) is 25.0 Å². The van der Waals surface area contributed by atoms with Crippen molar-refractivity contribution in [1.82, 2.24) is 31.5 Å². The van der Waals surface area contributed by atoms with E-state index in [2.05, 4.69) is 26.6 Å². The lowest BCUT2D eigenvalue weighted by Crippen LogP contribution is -2.56. The Kier molecular flexibility index (Phi) is 10.0. The van der Waals surface area contributed by atoms with Crippen molar-refractivity contribution >= 4 is 29.5 Å². The summed E-state index contributed by atoms with van der Waals surface area (Å²) in [5, 5.41) is 21.5. The number of nitrogens with zero attached hydrogens (tertiary/aromatic N) is 1. The van der Waals surface area contributed by atoms with Gasteiger partial charge in [-0.2, -0.15) is 0 Å². The second-order valence-electron chi connectivity index (χ2n) is 6.81. The van der Waals surface area contributed by atoms with E-state index in [0.717, 1.165) is 13.0 Å². The Labute approximate surface area is 169 Å². The molecule has 1 aliphatic rings. The van der Waals surface area contributed by atoms with Crippen LogP contribution < -0.4 is 26.6 Å². The summed E-state index contributed by atoms with van der Waals surface area (Å²) in [6.07, 6.45) is 0.386. The molecule has 0 saturated carbocycles. The first-order chi connectivity index (χ1) is 13.6. The second-order valence-corrected chi connectivity index (χ2v) is 6.81. The number of likely N-dealkylation sites (N-methyl/N-ethyl adjacent to an activating group) is 2. The van der Waals surface area contributed by atoms with Crippen LogP contribution in [0.3, 0.4) is 0 Å². The van der Waals surface area contributed by atoms with Gasteiger partial charge in [0.25, 0.3) is 0 Å². The molecular weight excluding hydrogens is 384 g/mol. The van der Waals surface area contributed by atoms with Gasteiger partial charge >= 0.3 is 0 Å². The number of hydrogen-bond donors (Lipinski definition) is 6. The highest BCUT2D eigenvalue weighted by Crippen LogP contribution is 2.14. The van der Waals surface area contributed by atoms with Gasteiger partial charge in [0.15, 0.2) is 0 Å². The molecule has 0 aromatic carbocycles. The molecule has 1 rings (SSSR count). The maximum absolute atomic E-state index is 12.2. The molecule has 0 bridgehead atoms. The second kappa shape index (κ2) is 12.0. The van der Waals surface area contributed by atoms with Gasteiger partial charge in [0, 0.05) is 7.05 Å². The molecule has 1 fully saturated rings. The standard InChI is InChI=1S/C17H30N6O6/c1-10(24)15(17(29)21-8-13(26)19-7-12(25)18-2)22-14(27)9-20-16(28)11-5-4-6-23(11)3/h10-11,15,24H,4-9H2,1-3H3,(H,18,25)(H,19,26)(H,20,28)(H,21,29)(H,22,27). The summed E-state index contributed by atoms with van der Waals surface area (Å²) in [6, 6.07) is -1.59. The molecular formula is C17H30N6O6. The number of hydrogen-bond acceptors (Lipinski definition) is 7. The summed E-state index contributed by atoms with van der Waals surface area (Å²) in [4.78, 5) is 60.9. The average molecular weight is 414 g/mol. The Morgan fingerprint density at radius 1 is 1.00 bits per heavy atom. The normalized spacial score (nSPS) is 18.3. The predicted octanol–water partition coefficient (Wildman–Crippen LogP) is -3.96. The van der Waals surface area contributed by atoms with Crippen molar-refractivity contribution in [3.8, 4) is 0 Å². The maximum Gasteiger partial charge on any atom is 0.245 e. The molecule has 5 amide bonds. The zero-order chi connectivity index (χ0) is 22.0. The lowest BCUT2D eigenvalue weighted by atomic mass is 10.1. The summed E-state index contributed by atoms with van der Waals surface area (Å²) >= 11 is 0. The molecule has 29 heavy (non-hydrogen) atoms. The van der Waals surface area contributed by atoms with Gasteiger partial charge in [0.1, 0.15) is 6.04 Å². The first-order valence-electron chi connectivity index (χ1n) is 9.36. The van der Waals surface area contributed by atoms with Crippen molar-refractivity contribution in [3.63, 3.8) is 0 Å². The van der Waals surface area contributed by atoms with Crippen LogP contribution in [0.25, 0.3) is 0 Å². The summed E-state index contributed by atoms with van der Waals surface area (Å²) in [6.45, 7) is 1.11. The summed E-state index contributed by atoms with van der Waals surface area (Å²) in [5.74, 6) is -2.70. The Hall–Kier alpha value is -2.73. The van der Waals surface area contributed by atoms with Gasteiger partial charge in [0.2, 0.25) is 29.5 Å². The minimum absolute atomic E-state index is 0.238. The molecule has 3 unspecified atom stereocenters. The van der Waals surface area contributed by atoms with Crippen LogP contribution in [0.15, 0.2) is 0 Å². The third-order valence-corrected chi connectivity index (χ3v) is 4.48. The number of amides is 5. The van der Waals surface area contributed by atoms with Gasteiger partial charge in [-0.05, 0) is 33.4 Å². The number of carbonyl (C=O) groups is 5. The first-order valence-corrected chi connectivity index (χ1v) is 9.36. The molecule has 3 atom stereocenters. The topological polar surface area (TPSA) is 169 Å². The molecule has 0 radical (unpaired) electrons. The number of carbonyl (C=O) groups excluding carboxylic acids is 5. The van der Waals surface area contributed by atoms with Gasteiger partial charge in [-0.1, -0.05) is 0 Å². The van der Waals surface area contributed by atoms with Crippen LogP contribution in [-0.2, 0) is 24.0 Å². The Morgan fingerprint density at radius 2 is 1.62 bits per heavy atom. The lowest BCUT2D eigenvalue weighted by molar-refractivity contribution is -0.133. The van der Waals surface area contributed by atoms with E-state index >= 15 is 0 Å². The molecule has 12 nitrogen and oxygen atoms in total. The fourth-order valence-electron chi connectivity index (χ4n) is 2.76. The van der Waals surface area contributed by atoms with Crippen LogP contribution in [0.1, 0.15) is 19.8 Å². The minimum atomic E-state index is -1.31. The average Bonchev–Trinajstić information content (AvgIpc) is 3.12.